The number of aliphatic hydroxyl groups is 1. The first-order chi connectivity index (χ1) is 9.04. The van der Waals surface area contributed by atoms with E-state index >= 15 is 0 Å². The summed E-state index contributed by atoms with van der Waals surface area (Å²) in [6.07, 6.45) is 2.11. The number of H-pyrrole nitrogens is 1. The molecule has 0 amide bonds. The summed E-state index contributed by atoms with van der Waals surface area (Å²) in [5, 5.41) is 18.9. The maximum absolute atomic E-state index is 13.9. The van der Waals surface area contributed by atoms with Gasteiger partial charge in [0.25, 0.3) is 0 Å². The molecule has 2 aromatic rings. The number of rotatable bonds is 3. The fourth-order valence-electron chi connectivity index (χ4n) is 3.05. The highest BCUT2D eigenvalue weighted by Gasteiger charge is 2.49. The second-order valence-electron chi connectivity index (χ2n) is 5.43. The summed E-state index contributed by atoms with van der Waals surface area (Å²) < 4.78 is 13.9. The first kappa shape index (κ1) is 12.9. The molecule has 0 aliphatic heterocycles. The third-order valence-corrected chi connectivity index (χ3v) is 4.68. The molecule has 3 nitrogen and oxygen atoms in total. The predicted molar refractivity (Wildman–Crippen MR) is 72.9 cm³/mol. The minimum absolute atomic E-state index is 0.531. The average Bonchev–Trinajstić information content (AvgIpc) is 2.73. The molecule has 3 rings (SSSR count). The standard InChI is InChI=1S/C14H16ClFN2O/c1-8(16)14(3-2-4-14)13(19)11-6-10(15)5-9-7-17-18-12(9)11/h5-8,13,19H,2-4H2,1H3,(H,17,18). The van der Waals surface area contributed by atoms with Crippen molar-refractivity contribution >= 4 is 22.5 Å². The molecule has 1 aliphatic rings. The zero-order valence-electron chi connectivity index (χ0n) is 10.7. The lowest BCUT2D eigenvalue weighted by atomic mass is 9.61. The van der Waals surface area contributed by atoms with Crippen LogP contribution in [-0.4, -0.2) is 21.5 Å². The highest BCUT2D eigenvalue weighted by atomic mass is 35.5. The van der Waals surface area contributed by atoms with Crippen molar-refractivity contribution in [1.29, 1.82) is 0 Å². The maximum atomic E-state index is 13.9. The largest absolute Gasteiger partial charge is 0.388 e. The lowest BCUT2D eigenvalue weighted by Crippen LogP contribution is -2.43. The van der Waals surface area contributed by atoms with Gasteiger partial charge in [0.15, 0.2) is 0 Å². The zero-order valence-corrected chi connectivity index (χ0v) is 11.4. The van der Waals surface area contributed by atoms with Crippen molar-refractivity contribution < 1.29 is 9.50 Å². The van der Waals surface area contributed by atoms with E-state index < -0.39 is 17.7 Å². The summed E-state index contributed by atoms with van der Waals surface area (Å²) in [6, 6.07) is 3.48. The molecule has 2 atom stereocenters. The van der Waals surface area contributed by atoms with Gasteiger partial charge in [0.2, 0.25) is 0 Å². The number of halogens is 2. The Bertz CT molecular complexity index is 607. The topological polar surface area (TPSA) is 48.9 Å². The van der Waals surface area contributed by atoms with E-state index in [9.17, 15) is 9.50 Å². The number of hydrogen-bond donors (Lipinski definition) is 2. The second-order valence-corrected chi connectivity index (χ2v) is 5.87. The summed E-state index contributed by atoms with van der Waals surface area (Å²) in [7, 11) is 0. The quantitative estimate of drug-likeness (QED) is 0.900. The van der Waals surface area contributed by atoms with Crippen LogP contribution in [0.2, 0.25) is 5.02 Å². The van der Waals surface area contributed by atoms with Gasteiger partial charge in [0, 0.05) is 21.4 Å². The van der Waals surface area contributed by atoms with Gasteiger partial charge in [-0.05, 0) is 31.9 Å². The monoisotopic (exact) mass is 282 g/mol. The Morgan fingerprint density at radius 3 is 2.79 bits per heavy atom. The number of hydrogen-bond acceptors (Lipinski definition) is 2. The molecule has 0 radical (unpaired) electrons. The van der Waals surface area contributed by atoms with Crippen molar-refractivity contribution in [3.63, 3.8) is 0 Å². The minimum atomic E-state index is -1.05. The smallest absolute Gasteiger partial charge is 0.106 e. The van der Waals surface area contributed by atoms with Crippen LogP contribution in [-0.2, 0) is 0 Å². The van der Waals surface area contributed by atoms with E-state index in [1.165, 1.54) is 6.92 Å². The Kier molecular flexibility index (Phi) is 3.02. The van der Waals surface area contributed by atoms with Crippen LogP contribution in [0.1, 0.15) is 37.9 Å². The van der Waals surface area contributed by atoms with Crippen molar-refractivity contribution in [2.45, 2.75) is 38.5 Å². The number of alkyl halides is 1. The van der Waals surface area contributed by atoms with Gasteiger partial charge < -0.3 is 5.11 Å². The molecule has 1 fully saturated rings. The lowest BCUT2D eigenvalue weighted by Gasteiger charge is -2.47. The third-order valence-electron chi connectivity index (χ3n) is 4.46. The van der Waals surface area contributed by atoms with Gasteiger partial charge in [-0.2, -0.15) is 5.10 Å². The number of aromatic amines is 1. The number of nitrogens with zero attached hydrogens (tertiary/aromatic N) is 1. The van der Waals surface area contributed by atoms with Crippen molar-refractivity contribution in [1.82, 2.24) is 10.2 Å². The third kappa shape index (κ3) is 1.85. The Balaban J connectivity index is 2.10. The Morgan fingerprint density at radius 1 is 1.47 bits per heavy atom. The number of aromatic nitrogens is 2. The SMILES string of the molecule is CC(F)C1(C(O)c2cc(Cl)cc3cn[nH]c23)CCC1. The molecule has 19 heavy (non-hydrogen) atoms. The van der Waals surface area contributed by atoms with Crippen LogP contribution < -0.4 is 0 Å². The van der Waals surface area contributed by atoms with E-state index in [0.717, 1.165) is 17.3 Å². The highest BCUT2D eigenvalue weighted by molar-refractivity contribution is 6.31. The van der Waals surface area contributed by atoms with Crippen molar-refractivity contribution in [2.75, 3.05) is 0 Å². The molecule has 2 unspecified atom stereocenters. The van der Waals surface area contributed by atoms with Gasteiger partial charge in [-0.25, -0.2) is 4.39 Å². The van der Waals surface area contributed by atoms with Crippen molar-refractivity contribution in [3.05, 3.63) is 28.9 Å². The molecule has 0 saturated heterocycles. The van der Waals surface area contributed by atoms with Gasteiger partial charge in [-0.3, -0.25) is 5.10 Å². The first-order valence-corrected chi connectivity index (χ1v) is 6.87. The summed E-state index contributed by atoms with van der Waals surface area (Å²) in [5.41, 5.74) is 0.705. The van der Waals surface area contributed by atoms with Gasteiger partial charge in [0.1, 0.15) is 6.17 Å². The molecule has 1 heterocycles. The van der Waals surface area contributed by atoms with E-state index in [2.05, 4.69) is 10.2 Å². The first-order valence-electron chi connectivity index (χ1n) is 6.49. The summed E-state index contributed by atoms with van der Waals surface area (Å²) in [6.45, 7) is 1.52. The van der Waals surface area contributed by atoms with Crippen LogP contribution in [0.5, 0.6) is 0 Å². The molecule has 1 aromatic carbocycles. The van der Waals surface area contributed by atoms with E-state index in [-0.39, 0.29) is 0 Å². The molecule has 0 spiro atoms. The van der Waals surface area contributed by atoms with Crippen LogP contribution in [0.3, 0.4) is 0 Å². The second kappa shape index (κ2) is 4.46. The molecular formula is C14H16ClFN2O. The Labute approximate surface area is 115 Å². The van der Waals surface area contributed by atoms with Crippen molar-refractivity contribution in [2.24, 2.45) is 5.41 Å². The maximum Gasteiger partial charge on any atom is 0.106 e. The predicted octanol–water partition coefficient (Wildman–Crippen LogP) is 3.78. The molecule has 0 bridgehead atoms. The molecular weight excluding hydrogens is 267 g/mol. The van der Waals surface area contributed by atoms with Crippen LogP contribution in [0.4, 0.5) is 4.39 Å². The fraction of sp³-hybridized carbons (Fsp3) is 0.500. The zero-order chi connectivity index (χ0) is 13.6. The van der Waals surface area contributed by atoms with Crippen LogP contribution >= 0.6 is 11.6 Å². The fourth-order valence-corrected chi connectivity index (χ4v) is 3.28. The normalized spacial score (nSPS) is 21.1. The number of nitrogens with one attached hydrogen (secondary N) is 1. The molecule has 5 heteroatoms. The molecule has 102 valence electrons. The number of fused-ring (bicyclic) bond motifs is 1. The molecule has 1 aromatic heterocycles. The van der Waals surface area contributed by atoms with Gasteiger partial charge in [-0.15, -0.1) is 0 Å². The summed E-state index contributed by atoms with van der Waals surface area (Å²) in [4.78, 5) is 0. The molecule has 1 saturated carbocycles. The number of aliphatic hydroxyl groups excluding tert-OH is 1. The van der Waals surface area contributed by atoms with Crippen LogP contribution in [0.25, 0.3) is 10.9 Å². The number of benzene rings is 1. The lowest BCUT2D eigenvalue weighted by molar-refractivity contribution is -0.0858. The van der Waals surface area contributed by atoms with E-state index in [0.29, 0.717) is 23.4 Å². The summed E-state index contributed by atoms with van der Waals surface area (Å²) in [5.74, 6) is 0. The van der Waals surface area contributed by atoms with Crippen LogP contribution in [0.15, 0.2) is 18.3 Å². The van der Waals surface area contributed by atoms with E-state index in [4.69, 9.17) is 11.6 Å². The Hall–Kier alpha value is -1.13. The Morgan fingerprint density at radius 2 is 2.21 bits per heavy atom. The highest BCUT2D eigenvalue weighted by Crippen LogP contribution is 2.54. The van der Waals surface area contributed by atoms with E-state index in [1.54, 1.807) is 18.3 Å². The van der Waals surface area contributed by atoms with Crippen LogP contribution in [0, 0.1) is 5.41 Å². The average molecular weight is 283 g/mol. The van der Waals surface area contributed by atoms with Crippen molar-refractivity contribution in [3.8, 4) is 0 Å². The molecule has 2 N–H and O–H groups in total. The summed E-state index contributed by atoms with van der Waals surface area (Å²) >= 11 is 6.07. The van der Waals surface area contributed by atoms with Gasteiger partial charge in [-0.1, -0.05) is 18.0 Å². The van der Waals surface area contributed by atoms with Gasteiger partial charge in [0.05, 0.1) is 17.8 Å². The molecule has 1 aliphatic carbocycles. The minimum Gasteiger partial charge on any atom is -0.388 e. The van der Waals surface area contributed by atoms with E-state index in [1.807, 2.05) is 0 Å². The van der Waals surface area contributed by atoms with Gasteiger partial charge >= 0.3 is 0 Å².